The van der Waals surface area contributed by atoms with E-state index in [0.29, 0.717) is 17.8 Å². The Balaban J connectivity index is 2.14. The van der Waals surface area contributed by atoms with Gasteiger partial charge in [0.05, 0.1) is 7.11 Å². The Labute approximate surface area is 120 Å². The standard InChI is InChI=1S/C16H14F2N2O/c1-21-15-7-11(5-12(17)16(15)18)14-6-10-4-9(8-19)2-3-13(10)20-14/h2-7,20H,8,19H2,1H3. The maximum atomic E-state index is 13.6. The van der Waals surface area contributed by atoms with Crippen molar-refractivity contribution in [1.29, 1.82) is 0 Å². The van der Waals surface area contributed by atoms with Crippen LogP contribution in [0.3, 0.4) is 0 Å². The highest BCUT2D eigenvalue weighted by Gasteiger charge is 2.13. The minimum atomic E-state index is -0.984. The number of ether oxygens (including phenoxy) is 1. The smallest absolute Gasteiger partial charge is 0.200 e. The molecule has 0 aliphatic heterocycles. The Bertz CT molecular complexity index is 811. The first-order chi connectivity index (χ1) is 10.1. The summed E-state index contributed by atoms with van der Waals surface area (Å²) in [5.41, 5.74) is 8.75. The summed E-state index contributed by atoms with van der Waals surface area (Å²) in [5, 5.41) is 0.969. The Morgan fingerprint density at radius 2 is 1.95 bits per heavy atom. The van der Waals surface area contributed by atoms with Crippen LogP contribution in [-0.4, -0.2) is 12.1 Å². The van der Waals surface area contributed by atoms with Gasteiger partial charge in [-0.25, -0.2) is 4.39 Å². The molecule has 21 heavy (non-hydrogen) atoms. The minimum Gasteiger partial charge on any atom is -0.494 e. The van der Waals surface area contributed by atoms with Crippen LogP contribution in [0.15, 0.2) is 36.4 Å². The first-order valence-corrected chi connectivity index (χ1v) is 6.47. The molecule has 0 fully saturated rings. The molecular weight excluding hydrogens is 274 g/mol. The van der Waals surface area contributed by atoms with E-state index in [4.69, 9.17) is 10.5 Å². The van der Waals surface area contributed by atoms with E-state index in [9.17, 15) is 8.78 Å². The maximum absolute atomic E-state index is 13.6. The van der Waals surface area contributed by atoms with E-state index in [0.717, 1.165) is 22.5 Å². The predicted octanol–water partition coefficient (Wildman–Crippen LogP) is 3.58. The van der Waals surface area contributed by atoms with E-state index in [1.807, 2.05) is 24.3 Å². The van der Waals surface area contributed by atoms with Crippen molar-refractivity contribution in [3.05, 3.63) is 53.6 Å². The van der Waals surface area contributed by atoms with Crippen molar-refractivity contribution in [3.63, 3.8) is 0 Å². The van der Waals surface area contributed by atoms with Crippen LogP contribution in [0.4, 0.5) is 8.78 Å². The highest BCUT2D eigenvalue weighted by molar-refractivity contribution is 5.86. The lowest BCUT2D eigenvalue weighted by molar-refractivity contribution is 0.372. The number of nitrogens with two attached hydrogens (primary N) is 1. The maximum Gasteiger partial charge on any atom is 0.200 e. The zero-order valence-corrected chi connectivity index (χ0v) is 11.4. The van der Waals surface area contributed by atoms with Crippen molar-refractivity contribution in [3.8, 4) is 17.0 Å². The molecule has 0 amide bonds. The average Bonchev–Trinajstić information content (AvgIpc) is 2.92. The topological polar surface area (TPSA) is 51.0 Å². The van der Waals surface area contributed by atoms with Crippen molar-refractivity contribution in [2.45, 2.75) is 6.54 Å². The van der Waals surface area contributed by atoms with E-state index in [-0.39, 0.29) is 5.75 Å². The largest absolute Gasteiger partial charge is 0.494 e. The van der Waals surface area contributed by atoms with Crippen molar-refractivity contribution in [2.24, 2.45) is 5.73 Å². The molecule has 1 aromatic heterocycles. The number of rotatable bonds is 3. The van der Waals surface area contributed by atoms with Crippen molar-refractivity contribution >= 4 is 10.9 Å². The zero-order valence-electron chi connectivity index (χ0n) is 11.4. The summed E-state index contributed by atoms with van der Waals surface area (Å²) >= 11 is 0. The summed E-state index contributed by atoms with van der Waals surface area (Å²) in [6, 6.07) is 10.3. The fourth-order valence-corrected chi connectivity index (χ4v) is 2.33. The van der Waals surface area contributed by atoms with E-state index in [1.165, 1.54) is 13.2 Å². The molecule has 1 heterocycles. The Kier molecular flexibility index (Phi) is 3.35. The fraction of sp³-hybridized carbons (Fsp3) is 0.125. The summed E-state index contributed by atoms with van der Waals surface area (Å²) in [6.45, 7) is 0.454. The summed E-state index contributed by atoms with van der Waals surface area (Å²) < 4.78 is 31.9. The van der Waals surface area contributed by atoms with Crippen LogP contribution < -0.4 is 10.5 Å². The van der Waals surface area contributed by atoms with Crippen LogP contribution in [-0.2, 0) is 6.54 Å². The molecule has 0 saturated carbocycles. The summed E-state index contributed by atoms with van der Waals surface area (Å²) in [7, 11) is 1.31. The van der Waals surface area contributed by atoms with Gasteiger partial charge in [0.15, 0.2) is 11.6 Å². The number of aromatic amines is 1. The fourth-order valence-electron chi connectivity index (χ4n) is 2.33. The summed E-state index contributed by atoms with van der Waals surface area (Å²) in [4.78, 5) is 3.18. The van der Waals surface area contributed by atoms with Gasteiger partial charge >= 0.3 is 0 Å². The van der Waals surface area contributed by atoms with Gasteiger partial charge in [-0.15, -0.1) is 0 Å². The Morgan fingerprint density at radius 3 is 2.67 bits per heavy atom. The van der Waals surface area contributed by atoms with E-state index in [2.05, 4.69) is 4.98 Å². The van der Waals surface area contributed by atoms with Crippen LogP contribution in [0.25, 0.3) is 22.2 Å². The first-order valence-electron chi connectivity index (χ1n) is 6.47. The van der Waals surface area contributed by atoms with E-state index in [1.54, 1.807) is 0 Å². The van der Waals surface area contributed by atoms with Gasteiger partial charge in [-0.1, -0.05) is 6.07 Å². The molecule has 0 unspecified atom stereocenters. The highest BCUT2D eigenvalue weighted by atomic mass is 19.2. The number of hydrogen-bond donors (Lipinski definition) is 2. The third-order valence-corrected chi connectivity index (χ3v) is 3.45. The second kappa shape index (κ2) is 5.18. The molecule has 5 heteroatoms. The van der Waals surface area contributed by atoms with Crippen LogP contribution in [0.1, 0.15) is 5.56 Å². The lowest BCUT2D eigenvalue weighted by Crippen LogP contribution is -1.94. The monoisotopic (exact) mass is 288 g/mol. The van der Waals surface area contributed by atoms with E-state index >= 15 is 0 Å². The van der Waals surface area contributed by atoms with Crippen molar-refractivity contribution in [2.75, 3.05) is 7.11 Å². The minimum absolute atomic E-state index is 0.119. The third kappa shape index (κ3) is 2.36. The first kappa shape index (κ1) is 13.6. The molecule has 3 nitrogen and oxygen atoms in total. The Morgan fingerprint density at radius 1 is 1.14 bits per heavy atom. The third-order valence-electron chi connectivity index (χ3n) is 3.45. The van der Waals surface area contributed by atoms with Crippen LogP contribution in [0.2, 0.25) is 0 Å². The molecule has 0 aliphatic rings. The van der Waals surface area contributed by atoms with Gasteiger partial charge in [0, 0.05) is 28.7 Å². The molecular formula is C16H14F2N2O. The number of H-pyrrole nitrogens is 1. The molecule has 0 bridgehead atoms. The Hall–Kier alpha value is -2.40. The molecule has 0 radical (unpaired) electrons. The average molecular weight is 288 g/mol. The van der Waals surface area contributed by atoms with Gasteiger partial charge < -0.3 is 15.5 Å². The predicted molar refractivity (Wildman–Crippen MR) is 78.1 cm³/mol. The summed E-state index contributed by atoms with van der Waals surface area (Å²) in [6.07, 6.45) is 0. The van der Waals surface area contributed by atoms with Gasteiger partial charge in [-0.3, -0.25) is 0 Å². The van der Waals surface area contributed by atoms with Gasteiger partial charge in [0.25, 0.3) is 0 Å². The van der Waals surface area contributed by atoms with E-state index < -0.39 is 11.6 Å². The van der Waals surface area contributed by atoms with Gasteiger partial charge in [-0.2, -0.15) is 4.39 Å². The lowest BCUT2D eigenvalue weighted by Gasteiger charge is -2.05. The van der Waals surface area contributed by atoms with Gasteiger partial charge in [0.2, 0.25) is 5.82 Å². The SMILES string of the molecule is COc1cc(-c2cc3cc(CN)ccc3[nH]2)cc(F)c1F. The lowest BCUT2D eigenvalue weighted by atomic mass is 10.1. The molecule has 3 N–H and O–H groups in total. The quantitative estimate of drug-likeness (QED) is 0.774. The number of fused-ring (bicyclic) bond motifs is 1. The molecule has 108 valence electrons. The molecule has 0 aliphatic carbocycles. The number of aromatic nitrogens is 1. The molecule has 2 aromatic carbocycles. The molecule has 0 saturated heterocycles. The van der Waals surface area contributed by atoms with Crippen LogP contribution >= 0.6 is 0 Å². The van der Waals surface area contributed by atoms with Gasteiger partial charge in [-0.05, 0) is 35.9 Å². The van der Waals surface area contributed by atoms with Crippen molar-refractivity contribution < 1.29 is 13.5 Å². The zero-order chi connectivity index (χ0) is 15.0. The number of benzene rings is 2. The second-order valence-electron chi connectivity index (χ2n) is 4.78. The molecule has 0 atom stereocenters. The van der Waals surface area contributed by atoms with Crippen LogP contribution in [0.5, 0.6) is 5.75 Å². The molecule has 3 rings (SSSR count). The number of nitrogens with one attached hydrogen (secondary N) is 1. The highest BCUT2D eigenvalue weighted by Crippen LogP contribution is 2.30. The van der Waals surface area contributed by atoms with Crippen LogP contribution in [0, 0.1) is 11.6 Å². The second-order valence-corrected chi connectivity index (χ2v) is 4.78. The van der Waals surface area contributed by atoms with Crippen molar-refractivity contribution in [1.82, 2.24) is 4.98 Å². The normalized spacial score (nSPS) is 11.0. The summed E-state index contributed by atoms with van der Waals surface area (Å²) in [5.74, 6) is -2.04. The van der Waals surface area contributed by atoms with Gasteiger partial charge in [0.1, 0.15) is 0 Å². The molecule has 0 spiro atoms. The molecule has 3 aromatic rings. The number of methoxy groups -OCH3 is 1. The number of hydrogen-bond acceptors (Lipinski definition) is 2. The number of halogens is 2.